The zero-order valence-corrected chi connectivity index (χ0v) is 14.4. The van der Waals surface area contributed by atoms with Gasteiger partial charge in [-0.1, -0.05) is 29.8 Å². The van der Waals surface area contributed by atoms with Crippen molar-refractivity contribution in [2.75, 3.05) is 19.6 Å². The van der Waals surface area contributed by atoms with E-state index in [1.807, 2.05) is 31.2 Å². The van der Waals surface area contributed by atoms with E-state index >= 15 is 0 Å². The van der Waals surface area contributed by atoms with Crippen LogP contribution in [0.25, 0.3) is 11.3 Å². The van der Waals surface area contributed by atoms with Gasteiger partial charge in [0.1, 0.15) is 6.54 Å². The predicted octanol–water partition coefficient (Wildman–Crippen LogP) is 0.822. The highest BCUT2D eigenvalue weighted by Gasteiger charge is 2.33. The third kappa shape index (κ3) is 2.83. The third-order valence-electron chi connectivity index (χ3n) is 4.84. The molecule has 8 nitrogen and oxygen atoms in total. The second-order valence-corrected chi connectivity index (χ2v) is 6.60. The summed E-state index contributed by atoms with van der Waals surface area (Å²) in [6.07, 6.45) is 0.667. The molecular formula is C18H19N5O3. The molecule has 134 valence electrons. The van der Waals surface area contributed by atoms with Crippen LogP contribution in [0.4, 0.5) is 4.79 Å². The summed E-state index contributed by atoms with van der Waals surface area (Å²) in [6.45, 7) is 2.70. The first-order valence-corrected chi connectivity index (χ1v) is 8.52. The van der Waals surface area contributed by atoms with E-state index in [1.165, 1.54) is 5.56 Å². The van der Waals surface area contributed by atoms with Gasteiger partial charge in [-0.25, -0.2) is 4.79 Å². The minimum Gasteiger partial charge on any atom is -0.336 e. The summed E-state index contributed by atoms with van der Waals surface area (Å²) in [5.74, 6) is -0.609. The van der Waals surface area contributed by atoms with Gasteiger partial charge >= 0.3 is 6.03 Å². The van der Waals surface area contributed by atoms with E-state index in [9.17, 15) is 14.4 Å². The lowest BCUT2D eigenvalue weighted by Crippen LogP contribution is -2.44. The standard InChI is InChI=1S/C18H19N5O3/c1-11-2-4-12(5-3-11)17-13-9-22(7-6-14(13)20-21-17)16(25)10-23-15(24)8-19-18(23)26/h2-5H,6-10H2,1H3,(H,19,26)(H,20,21). The first-order valence-electron chi connectivity index (χ1n) is 8.52. The normalized spacial score (nSPS) is 16.7. The van der Waals surface area contributed by atoms with Crippen LogP contribution < -0.4 is 5.32 Å². The van der Waals surface area contributed by atoms with Crippen LogP contribution in [0.2, 0.25) is 0 Å². The summed E-state index contributed by atoms with van der Waals surface area (Å²) in [6, 6.07) is 7.57. The van der Waals surface area contributed by atoms with Crippen LogP contribution in [0, 0.1) is 6.92 Å². The van der Waals surface area contributed by atoms with Crippen LogP contribution in [0.5, 0.6) is 0 Å². The van der Waals surface area contributed by atoms with Crippen molar-refractivity contribution in [3.8, 4) is 11.3 Å². The Morgan fingerprint density at radius 1 is 1.23 bits per heavy atom. The Bertz CT molecular complexity index is 871. The molecule has 1 aromatic carbocycles. The number of nitrogens with one attached hydrogen (secondary N) is 2. The number of urea groups is 1. The summed E-state index contributed by atoms with van der Waals surface area (Å²) < 4.78 is 0. The first kappa shape index (κ1) is 16.3. The largest absolute Gasteiger partial charge is 0.336 e. The van der Waals surface area contributed by atoms with Crippen molar-refractivity contribution in [2.45, 2.75) is 19.9 Å². The molecule has 1 saturated heterocycles. The van der Waals surface area contributed by atoms with E-state index in [0.717, 1.165) is 27.4 Å². The van der Waals surface area contributed by atoms with Crippen molar-refractivity contribution in [3.63, 3.8) is 0 Å². The fourth-order valence-electron chi connectivity index (χ4n) is 3.31. The van der Waals surface area contributed by atoms with Gasteiger partial charge in [0.2, 0.25) is 5.91 Å². The molecule has 0 saturated carbocycles. The molecule has 2 aromatic rings. The van der Waals surface area contributed by atoms with Gasteiger partial charge in [-0.3, -0.25) is 19.6 Å². The van der Waals surface area contributed by atoms with E-state index in [-0.39, 0.29) is 24.9 Å². The molecule has 2 aliphatic heterocycles. The fourth-order valence-corrected chi connectivity index (χ4v) is 3.31. The summed E-state index contributed by atoms with van der Waals surface area (Å²) in [5.41, 5.74) is 5.03. The van der Waals surface area contributed by atoms with Crippen LogP contribution in [0.15, 0.2) is 24.3 Å². The topological polar surface area (TPSA) is 98.4 Å². The molecule has 3 heterocycles. The third-order valence-corrected chi connectivity index (χ3v) is 4.84. The number of aromatic nitrogens is 2. The predicted molar refractivity (Wildman–Crippen MR) is 93.0 cm³/mol. The maximum absolute atomic E-state index is 12.6. The first-order chi connectivity index (χ1) is 12.5. The number of amides is 4. The molecular weight excluding hydrogens is 334 g/mol. The molecule has 0 atom stereocenters. The van der Waals surface area contributed by atoms with Crippen molar-refractivity contribution >= 4 is 17.8 Å². The number of carbonyl (C=O) groups excluding carboxylic acids is 3. The summed E-state index contributed by atoms with van der Waals surface area (Å²) in [5, 5.41) is 9.92. The average molecular weight is 353 g/mol. The molecule has 0 spiro atoms. The van der Waals surface area contributed by atoms with Crippen LogP contribution in [0.3, 0.4) is 0 Å². The molecule has 0 radical (unpaired) electrons. The van der Waals surface area contributed by atoms with Crippen molar-refractivity contribution in [1.82, 2.24) is 25.3 Å². The van der Waals surface area contributed by atoms with E-state index in [0.29, 0.717) is 19.5 Å². The number of nitrogens with zero attached hydrogens (tertiary/aromatic N) is 3. The lowest BCUT2D eigenvalue weighted by Gasteiger charge is -2.28. The molecule has 0 bridgehead atoms. The van der Waals surface area contributed by atoms with Crippen molar-refractivity contribution < 1.29 is 14.4 Å². The van der Waals surface area contributed by atoms with Crippen LogP contribution in [0.1, 0.15) is 16.8 Å². The van der Waals surface area contributed by atoms with Crippen molar-refractivity contribution in [3.05, 3.63) is 41.1 Å². The highest BCUT2D eigenvalue weighted by molar-refractivity contribution is 6.04. The van der Waals surface area contributed by atoms with Gasteiger partial charge in [-0.15, -0.1) is 0 Å². The molecule has 26 heavy (non-hydrogen) atoms. The van der Waals surface area contributed by atoms with Gasteiger partial charge in [0.05, 0.1) is 12.2 Å². The van der Waals surface area contributed by atoms with E-state index < -0.39 is 6.03 Å². The number of H-pyrrole nitrogens is 1. The molecule has 4 rings (SSSR count). The summed E-state index contributed by atoms with van der Waals surface area (Å²) >= 11 is 0. The van der Waals surface area contributed by atoms with Gasteiger partial charge in [0.15, 0.2) is 0 Å². The molecule has 4 amide bonds. The molecule has 1 aromatic heterocycles. The zero-order valence-electron chi connectivity index (χ0n) is 14.4. The molecule has 2 N–H and O–H groups in total. The summed E-state index contributed by atoms with van der Waals surface area (Å²) in [7, 11) is 0. The SMILES string of the molecule is Cc1ccc(-c2n[nH]c3c2CN(C(=O)CN2C(=O)CNC2=O)CC3)cc1. The minimum absolute atomic E-state index is 0.0461. The van der Waals surface area contributed by atoms with E-state index in [4.69, 9.17) is 0 Å². The van der Waals surface area contributed by atoms with Crippen LogP contribution >= 0.6 is 0 Å². The fraction of sp³-hybridized carbons (Fsp3) is 0.333. The molecule has 0 unspecified atom stereocenters. The number of aryl methyl sites for hydroxylation is 1. The van der Waals surface area contributed by atoms with Gasteiger partial charge in [-0.05, 0) is 6.92 Å². The molecule has 2 aliphatic rings. The second kappa shape index (κ2) is 6.29. The van der Waals surface area contributed by atoms with Gasteiger partial charge < -0.3 is 10.2 Å². The maximum atomic E-state index is 12.6. The number of benzene rings is 1. The van der Waals surface area contributed by atoms with Crippen molar-refractivity contribution in [2.24, 2.45) is 0 Å². The number of imide groups is 1. The highest BCUT2D eigenvalue weighted by Crippen LogP contribution is 2.28. The Hall–Kier alpha value is -3.16. The Morgan fingerprint density at radius 3 is 2.69 bits per heavy atom. The molecule has 1 fully saturated rings. The van der Waals surface area contributed by atoms with Gasteiger partial charge in [0, 0.05) is 36.3 Å². The quantitative estimate of drug-likeness (QED) is 0.798. The average Bonchev–Trinajstić information content (AvgIpc) is 3.20. The van der Waals surface area contributed by atoms with Gasteiger partial charge in [0.25, 0.3) is 5.91 Å². The number of rotatable bonds is 3. The Labute approximate surface area is 150 Å². The van der Waals surface area contributed by atoms with Crippen molar-refractivity contribution in [1.29, 1.82) is 0 Å². The Morgan fingerprint density at radius 2 is 2.00 bits per heavy atom. The Balaban J connectivity index is 1.53. The number of fused-ring (bicyclic) bond motifs is 1. The maximum Gasteiger partial charge on any atom is 0.325 e. The monoisotopic (exact) mass is 353 g/mol. The lowest BCUT2D eigenvalue weighted by atomic mass is 10.0. The van der Waals surface area contributed by atoms with Gasteiger partial charge in [-0.2, -0.15) is 5.10 Å². The number of hydrogen-bond acceptors (Lipinski definition) is 4. The minimum atomic E-state index is -0.510. The lowest BCUT2D eigenvalue weighted by molar-refractivity contribution is -0.137. The van der Waals surface area contributed by atoms with Crippen LogP contribution in [-0.4, -0.2) is 57.5 Å². The number of aromatic amines is 1. The number of hydrogen-bond donors (Lipinski definition) is 2. The Kier molecular flexibility index (Phi) is 3.95. The van der Waals surface area contributed by atoms with E-state index in [2.05, 4.69) is 15.5 Å². The highest BCUT2D eigenvalue weighted by atomic mass is 16.2. The number of carbonyl (C=O) groups is 3. The smallest absolute Gasteiger partial charge is 0.325 e. The zero-order chi connectivity index (χ0) is 18.3. The van der Waals surface area contributed by atoms with E-state index in [1.54, 1.807) is 4.90 Å². The molecule has 0 aliphatic carbocycles. The van der Waals surface area contributed by atoms with Crippen LogP contribution in [-0.2, 0) is 22.6 Å². The molecule has 8 heteroatoms. The second-order valence-electron chi connectivity index (χ2n) is 6.60. The summed E-state index contributed by atoms with van der Waals surface area (Å²) in [4.78, 5) is 38.6.